The van der Waals surface area contributed by atoms with Gasteiger partial charge >= 0.3 is 6.18 Å². The molecular weight excluding hydrogens is 375 g/mol. The number of nitrogens with zero attached hydrogens (tertiary/aromatic N) is 2. The van der Waals surface area contributed by atoms with Crippen LogP contribution in [0.1, 0.15) is 25.3 Å². The quantitative estimate of drug-likeness (QED) is 0.318. The summed E-state index contributed by atoms with van der Waals surface area (Å²) in [7, 11) is 0. The number of unbranched alkanes of at least 4 members (excludes halogenated alkanes) is 1. The van der Waals surface area contributed by atoms with Crippen molar-refractivity contribution in [2.24, 2.45) is 10.2 Å². The van der Waals surface area contributed by atoms with Crippen LogP contribution in [0.25, 0.3) is 11.1 Å². The van der Waals surface area contributed by atoms with E-state index in [-0.39, 0.29) is 0 Å². The summed E-state index contributed by atoms with van der Waals surface area (Å²) in [5, 5.41) is 11.5. The maximum absolute atomic E-state index is 12.6. The predicted molar refractivity (Wildman–Crippen MR) is 111 cm³/mol. The van der Waals surface area contributed by atoms with E-state index in [1.54, 1.807) is 0 Å². The van der Waals surface area contributed by atoms with Gasteiger partial charge in [0.1, 0.15) is 0 Å². The zero-order chi connectivity index (χ0) is 20.7. The third-order valence-corrected chi connectivity index (χ3v) is 4.42. The Hall–Kier alpha value is -3.15. The SMILES string of the molecule is CCCCNc1ccc(-c2ccc(N=Nc3ccc(C(F)(F)F)cc3)cc2)cc1. The Labute approximate surface area is 168 Å². The van der Waals surface area contributed by atoms with Crippen molar-refractivity contribution in [2.45, 2.75) is 25.9 Å². The van der Waals surface area contributed by atoms with Gasteiger partial charge in [-0.05, 0) is 66.1 Å². The molecule has 0 spiro atoms. The molecule has 0 saturated heterocycles. The molecule has 0 aliphatic rings. The molecule has 3 aromatic rings. The number of nitrogens with one attached hydrogen (secondary N) is 1. The number of anilines is 1. The molecule has 0 unspecified atom stereocenters. The highest BCUT2D eigenvalue weighted by atomic mass is 19.4. The van der Waals surface area contributed by atoms with Gasteiger partial charge in [-0.15, -0.1) is 0 Å². The van der Waals surface area contributed by atoms with Crippen molar-refractivity contribution < 1.29 is 13.2 Å². The fourth-order valence-corrected chi connectivity index (χ4v) is 2.74. The van der Waals surface area contributed by atoms with E-state index in [0.717, 1.165) is 48.3 Å². The van der Waals surface area contributed by atoms with Crippen LogP contribution in [-0.4, -0.2) is 6.54 Å². The molecule has 0 aliphatic heterocycles. The molecule has 0 aromatic heterocycles. The third kappa shape index (κ3) is 5.91. The van der Waals surface area contributed by atoms with Gasteiger partial charge in [0.05, 0.1) is 16.9 Å². The lowest BCUT2D eigenvalue weighted by atomic mass is 10.1. The van der Waals surface area contributed by atoms with Gasteiger partial charge in [-0.2, -0.15) is 23.4 Å². The van der Waals surface area contributed by atoms with Gasteiger partial charge in [-0.25, -0.2) is 0 Å². The molecule has 0 saturated carbocycles. The Bertz CT molecular complexity index is 929. The molecule has 3 nitrogen and oxygen atoms in total. The van der Waals surface area contributed by atoms with E-state index < -0.39 is 11.7 Å². The minimum Gasteiger partial charge on any atom is -0.385 e. The van der Waals surface area contributed by atoms with Crippen molar-refractivity contribution in [1.29, 1.82) is 0 Å². The molecule has 6 heteroatoms. The summed E-state index contributed by atoms with van der Waals surface area (Å²) in [5.41, 5.74) is 3.55. The Morgan fingerprint density at radius 3 is 1.69 bits per heavy atom. The number of halogens is 3. The fourth-order valence-electron chi connectivity index (χ4n) is 2.74. The number of hydrogen-bond acceptors (Lipinski definition) is 3. The number of hydrogen-bond donors (Lipinski definition) is 1. The van der Waals surface area contributed by atoms with Crippen molar-refractivity contribution in [2.75, 3.05) is 11.9 Å². The molecule has 29 heavy (non-hydrogen) atoms. The first-order chi connectivity index (χ1) is 14.0. The number of rotatable bonds is 7. The average Bonchev–Trinajstić information content (AvgIpc) is 2.73. The monoisotopic (exact) mass is 397 g/mol. The highest BCUT2D eigenvalue weighted by molar-refractivity contribution is 5.67. The molecule has 1 N–H and O–H groups in total. The summed E-state index contributed by atoms with van der Waals surface area (Å²) in [6, 6.07) is 20.4. The van der Waals surface area contributed by atoms with Crippen LogP contribution < -0.4 is 5.32 Å². The van der Waals surface area contributed by atoms with Gasteiger partial charge in [0.2, 0.25) is 0 Å². The largest absolute Gasteiger partial charge is 0.416 e. The number of benzene rings is 3. The summed E-state index contributed by atoms with van der Waals surface area (Å²) >= 11 is 0. The van der Waals surface area contributed by atoms with Gasteiger partial charge in [0, 0.05) is 12.2 Å². The van der Waals surface area contributed by atoms with Crippen LogP contribution in [0.4, 0.5) is 30.2 Å². The van der Waals surface area contributed by atoms with Crippen LogP contribution in [0.15, 0.2) is 83.0 Å². The van der Waals surface area contributed by atoms with E-state index in [0.29, 0.717) is 11.4 Å². The van der Waals surface area contributed by atoms with E-state index >= 15 is 0 Å². The van der Waals surface area contributed by atoms with E-state index in [4.69, 9.17) is 0 Å². The molecular formula is C23H22F3N3. The normalized spacial score (nSPS) is 11.7. The molecule has 0 amide bonds. The minimum absolute atomic E-state index is 0.369. The maximum atomic E-state index is 12.6. The van der Waals surface area contributed by atoms with Gasteiger partial charge in [0.15, 0.2) is 0 Å². The van der Waals surface area contributed by atoms with Crippen molar-refractivity contribution in [3.05, 3.63) is 78.4 Å². The smallest absolute Gasteiger partial charge is 0.385 e. The second kappa shape index (κ2) is 9.37. The van der Waals surface area contributed by atoms with Crippen molar-refractivity contribution in [3.63, 3.8) is 0 Å². The molecule has 0 aliphatic carbocycles. The summed E-state index contributed by atoms with van der Waals surface area (Å²) < 4.78 is 37.7. The standard InChI is InChI=1S/C23H22F3N3/c1-2-3-16-27-20-10-4-17(5-11-20)18-6-12-21(13-7-18)28-29-22-14-8-19(9-15-22)23(24,25)26/h4-15,27H,2-3,16H2,1H3. The maximum Gasteiger partial charge on any atom is 0.416 e. The van der Waals surface area contributed by atoms with Gasteiger partial charge in [-0.3, -0.25) is 0 Å². The van der Waals surface area contributed by atoms with Crippen LogP contribution in [0.5, 0.6) is 0 Å². The summed E-state index contributed by atoms with van der Waals surface area (Å²) in [4.78, 5) is 0. The summed E-state index contributed by atoms with van der Waals surface area (Å²) in [6.07, 6.45) is -2.05. The van der Waals surface area contributed by atoms with Gasteiger partial charge in [-0.1, -0.05) is 37.6 Å². The molecule has 3 aromatic carbocycles. The summed E-state index contributed by atoms with van der Waals surface area (Å²) in [5.74, 6) is 0. The third-order valence-electron chi connectivity index (χ3n) is 4.42. The Kier molecular flexibility index (Phi) is 6.65. The Morgan fingerprint density at radius 1 is 0.724 bits per heavy atom. The highest BCUT2D eigenvalue weighted by Gasteiger charge is 2.29. The first-order valence-corrected chi connectivity index (χ1v) is 9.49. The van der Waals surface area contributed by atoms with Crippen LogP contribution in [0.3, 0.4) is 0 Å². The Morgan fingerprint density at radius 2 is 1.21 bits per heavy atom. The minimum atomic E-state index is -4.35. The number of alkyl halides is 3. The topological polar surface area (TPSA) is 36.8 Å². The Balaban J connectivity index is 1.63. The van der Waals surface area contributed by atoms with Crippen LogP contribution in [0.2, 0.25) is 0 Å². The first-order valence-electron chi connectivity index (χ1n) is 9.49. The van der Waals surface area contributed by atoms with Crippen molar-refractivity contribution in [1.82, 2.24) is 0 Å². The van der Waals surface area contributed by atoms with E-state index in [9.17, 15) is 13.2 Å². The second-order valence-electron chi connectivity index (χ2n) is 6.65. The number of azo groups is 1. The summed E-state index contributed by atoms with van der Waals surface area (Å²) in [6.45, 7) is 3.13. The molecule has 3 rings (SSSR count). The van der Waals surface area contributed by atoms with E-state index in [1.165, 1.54) is 12.1 Å². The second-order valence-corrected chi connectivity index (χ2v) is 6.65. The molecule has 150 valence electrons. The lowest BCUT2D eigenvalue weighted by Gasteiger charge is -2.07. The lowest BCUT2D eigenvalue weighted by molar-refractivity contribution is -0.137. The average molecular weight is 397 g/mol. The molecule has 0 atom stereocenters. The van der Waals surface area contributed by atoms with Crippen molar-refractivity contribution >= 4 is 17.1 Å². The van der Waals surface area contributed by atoms with E-state index in [2.05, 4.69) is 46.7 Å². The fraction of sp³-hybridized carbons (Fsp3) is 0.217. The first kappa shape index (κ1) is 20.6. The zero-order valence-corrected chi connectivity index (χ0v) is 16.1. The molecule has 0 fully saturated rings. The van der Waals surface area contributed by atoms with Gasteiger partial charge < -0.3 is 5.32 Å². The highest BCUT2D eigenvalue weighted by Crippen LogP contribution is 2.31. The van der Waals surface area contributed by atoms with Crippen LogP contribution >= 0.6 is 0 Å². The molecule has 0 radical (unpaired) electrons. The van der Waals surface area contributed by atoms with E-state index in [1.807, 2.05) is 24.3 Å². The van der Waals surface area contributed by atoms with Crippen molar-refractivity contribution in [3.8, 4) is 11.1 Å². The molecule has 0 bridgehead atoms. The predicted octanol–water partition coefficient (Wildman–Crippen LogP) is 8.00. The zero-order valence-electron chi connectivity index (χ0n) is 16.1. The van der Waals surface area contributed by atoms with Crippen LogP contribution in [-0.2, 0) is 6.18 Å². The molecule has 0 heterocycles. The van der Waals surface area contributed by atoms with Crippen LogP contribution in [0, 0.1) is 0 Å². The lowest BCUT2D eigenvalue weighted by Crippen LogP contribution is -2.03. The van der Waals surface area contributed by atoms with Gasteiger partial charge in [0.25, 0.3) is 0 Å².